The van der Waals surface area contributed by atoms with E-state index in [2.05, 4.69) is 19.2 Å². The third kappa shape index (κ3) is 2.02. The highest BCUT2D eigenvalue weighted by atomic mass is 32.1. The molecule has 1 rings (SSSR count). The van der Waals surface area contributed by atoms with E-state index in [9.17, 15) is 0 Å². The molecule has 0 aliphatic rings. The van der Waals surface area contributed by atoms with Crippen molar-refractivity contribution in [2.75, 3.05) is 19.4 Å². The van der Waals surface area contributed by atoms with E-state index in [4.69, 9.17) is 9.68 Å². The molecule has 1 aromatic rings. The Kier molecular flexibility index (Phi) is 3.71. The Labute approximate surface area is 82.8 Å². The molecule has 74 valence electrons. The van der Waals surface area contributed by atoms with Crippen LogP contribution in [0.15, 0.2) is 5.38 Å². The first kappa shape index (κ1) is 10.5. The molecule has 0 aromatic carbocycles. The van der Waals surface area contributed by atoms with Gasteiger partial charge < -0.3 is 0 Å². The van der Waals surface area contributed by atoms with Crippen LogP contribution < -0.4 is 5.23 Å². The summed E-state index contributed by atoms with van der Waals surface area (Å²) in [6.45, 7) is 4.18. The Bertz CT molecular complexity index is 269. The topological polar surface area (TPSA) is 21.7 Å². The lowest BCUT2D eigenvalue weighted by molar-refractivity contribution is -0.0436. The van der Waals surface area contributed by atoms with Crippen LogP contribution in [0.5, 0.6) is 0 Å². The van der Waals surface area contributed by atoms with Gasteiger partial charge in [-0.15, -0.1) is 16.6 Å². The van der Waals surface area contributed by atoms with Crippen molar-refractivity contribution in [2.45, 2.75) is 20.3 Å². The maximum Gasteiger partial charge on any atom is 0.111 e. The van der Waals surface area contributed by atoms with Crippen LogP contribution >= 0.6 is 11.3 Å². The van der Waals surface area contributed by atoms with Crippen molar-refractivity contribution in [1.29, 1.82) is 0 Å². The molecule has 4 heteroatoms. The van der Waals surface area contributed by atoms with Gasteiger partial charge in [0.1, 0.15) is 5.69 Å². The SMILES string of the molecule is CCc1csc(C)c1N(OC)OC. The predicted octanol–water partition coefficient (Wildman–Crippen LogP) is 2.55. The minimum absolute atomic E-state index is 0.989. The summed E-state index contributed by atoms with van der Waals surface area (Å²) in [7, 11) is 3.19. The Morgan fingerprint density at radius 2 is 2.00 bits per heavy atom. The van der Waals surface area contributed by atoms with Gasteiger partial charge in [0.05, 0.1) is 14.2 Å². The molecule has 1 aromatic heterocycles. The van der Waals surface area contributed by atoms with Gasteiger partial charge in [0.15, 0.2) is 0 Å². The summed E-state index contributed by atoms with van der Waals surface area (Å²) in [5, 5.41) is 3.58. The highest BCUT2D eigenvalue weighted by Gasteiger charge is 2.14. The molecule has 1 heterocycles. The molecule has 0 fully saturated rings. The van der Waals surface area contributed by atoms with Crippen LogP contribution in [0.25, 0.3) is 0 Å². The monoisotopic (exact) mass is 201 g/mol. The van der Waals surface area contributed by atoms with E-state index in [0.717, 1.165) is 12.1 Å². The van der Waals surface area contributed by atoms with E-state index in [1.165, 1.54) is 15.7 Å². The van der Waals surface area contributed by atoms with Gasteiger partial charge in [-0.05, 0) is 24.3 Å². The van der Waals surface area contributed by atoms with E-state index in [-0.39, 0.29) is 0 Å². The first-order valence-electron chi connectivity index (χ1n) is 4.19. The van der Waals surface area contributed by atoms with Crippen molar-refractivity contribution < 1.29 is 9.68 Å². The van der Waals surface area contributed by atoms with Gasteiger partial charge in [-0.1, -0.05) is 6.92 Å². The largest absolute Gasteiger partial charge is 0.252 e. The van der Waals surface area contributed by atoms with Crippen molar-refractivity contribution in [3.8, 4) is 0 Å². The molecule has 0 saturated heterocycles. The quantitative estimate of drug-likeness (QED) is 0.699. The van der Waals surface area contributed by atoms with E-state index in [1.807, 2.05) is 0 Å². The second-order valence-electron chi connectivity index (χ2n) is 2.64. The molecule has 0 unspecified atom stereocenters. The van der Waals surface area contributed by atoms with E-state index in [0.29, 0.717) is 0 Å². The summed E-state index contributed by atoms with van der Waals surface area (Å²) < 4.78 is 0. The van der Waals surface area contributed by atoms with Crippen molar-refractivity contribution >= 4 is 17.0 Å². The third-order valence-electron chi connectivity index (χ3n) is 1.91. The molecule has 0 aliphatic carbocycles. The summed E-state index contributed by atoms with van der Waals surface area (Å²) >= 11 is 1.71. The Balaban J connectivity index is 3.01. The minimum atomic E-state index is 0.989. The molecule has 0 amide bonds. The van der Waals surface area contributed by atoms with E-state index >= 15 is 0 Å². The van der Waals surface area contributed by atoms with Gasteiger partial charge in [-0.3, -0.25) is 9.68 Å². The second-order valence-corrected chi connectivity index (χ2v) is 3.73. The van der Waals surface area contributed by atoms with Crippen LogP contribution in [0.4, 0.5) is 5.69 Å². The molecule has 0 N–H and O–H groups in total. The fourth-order valence-electron chi connectivity index (χ4n) is 1.25. The van der Waals surface area contributed by atoms with Crippen molar-refractivity contribution in [3.05, 3.63) is 15.8 Å². The van der Waals surface area contributed by atoms with Gasteiger partial charge in [-0.25, -0.2) is 0 Å². The molecule has 0 atom stereocenters. The van der Waals surface area contributed by atoms with Crippen LogP contribution in [0.1, 0.15) is 17.4 Å². The van der Waals surface area contributed by atoms with Crippen LogP contribution in [0, 0.1) is 6.92 Å². The number of rotatable bonds is 4. The number of thiophene rings is 1. The zero-order chi connectivity index (χ0) is 9.84. The van der Waals surface area contributed by atoms with Crippen molar-refractivity contribution in [1.82, 2.24) is 0 Å². The predicted molar refractivity (Wildman–Crippen MR) is 54.9 cm³/mol. The first-order valence-corrected chi connectivity index (χ1v) is 5.07. The third-order valence-corrected chi connectivity index (χ3v) is 2.86. The normalized spacial score (nSPS) is 10.5. The first-order chi connectivity index (χ1) is 6.24. The second kappa shape index (κ2) is 4.60. The van der Waals surface area contributed by atoms with Gasteiger partial charge in [-0.2, -0.15) is 0 Å². The summed E-state index contributed by atoms with van der Waals surface area (Å²) in [5.74, 6) is 0. The highest BCUT2D eigenvalue weighted by molar-refractivity contribution is 7.10. The van der Waals surface area contributed by atoms with Gasteiger partial charge in [0, 0.05) is 4.88 Å². The number of hydrogen-bond donors (Lipinski definition) is 0. The molecular weight excluding hydrogens is 186 g/mol. The average molecular weight is 201 g/mol. The smallest absolute Gasteiger partial charge is 0.111 e. The number of nitrogens with zero attached hydrogens (tertiary/aromatic N) is 1. The highest BCUT2D eigenvalue weighted by Crippen LogP contribution is 2.31. The molecule has 0 bridgehead atoms. The molecule has 0 radical (unpaired) electrons. The number of aryl methyl sites for hydroxylation is 2. The van der Waals surface area contributed by atoms with Crippen LogP contribution in [0.3, 0.4) is 0 Å². The molecule has 0 aliphatic heterocycles. The Hall–Kier alpha value is -0.580. The fraction of sp³-hybridized carbons (Fsp3) is 0.556. The summed E-state index contributed by atoms with van der Waals surface area (Å²) in [6.07, 6.45) is 0.989. The zero-order valence-corrected chi connectivity index (χ0v) is 9.27. The summed E-state index contributed by atoms with van der Waals surface area (Å²) in [6, 6.07) is 0. The molecule has 3 nitrogen and oxygen atoms in total. The van der Waals surface area contributed by atoms with E-state index < -0.39 is 0 Å². The molecule has 0 saturated carbocycles. The lowest BCUT2D eigenvalue weighted by atomic mass is 10.2. The molecule has 13 heavy (non-hydrogen) atoms. The van der Waals surface area contributed by atoms with Crippen molar-refractivity contribution in [2.24, 2.45) is 0 Å². The van der Waals surface area contributed by atoms with Crippen LogP contribution in [-0.4, -0.2) is 14.2 Å². The van der Waals surface area contributed by atoms with Gasteiger partial charge in [0.2, 0.25) is 0 Å². The lowest BCUT2D eigenvalue weighted by Gasteiger charge is -2.19. The zero-order valence-electron chi connectivity index (χ0n) is 8.46. The molecular formula is C9H15NO2S. The maximum atomic E-state index is 5.08. The number of hydrogen-bond acceptors (Lipinski definition) is 4. The average Bonchev–Trinajstić information content (AvgIpc) is 2.51. The van der Waals surface area contributed by atoms with Gasteiger partial charge >= 0.3 is 0 Å². The summed E-state index contributed by atoms with van der Waals surface area (Å²) in [5.41, 5.74) is 2.30. The number of anilines is 1. The fourth-order valence-corrected chi connectivity index (χ4v) is 2.17. The summed E-state index contributed by atoms with van der Waals surface area (Å²) in [4.78, 5) is 11.4. The van der Waals surface area contributed by atoms with Crippen LogP contribution in [-0.2, 0) is 16.1 Å². The van der Waals surface area contributed by atoms with Crippen LogP contribution in [0.2, 0.25) is 0 Å². The van der Waals surface area contributed by atoms with Crippen molar-refractivity contribution in [3.63, 3.8) is 0 Å². The maximum absolute atomic E-state index is 5.08. The standard InChI is InChI=1S/C9H15NO2S/c1-5-8-6-13-7(2)9(8)10(11-3)12-4/h6H,5H2,1-4H3. The molecule has 0 spiro atoms. The Morgan fingerprint density at radius 1 is 1.38 bits per heavy atom. The lowest BCUT2D eigenvalue weighted by Crippen LogP contribution is -2.21. The Morgan fingerprint density at radius 3 is 2.46 bits per heavy atom. The minimum Gasteiger partial charge on any atom is -0.252 e. The van der Waals surface area contributed by atoms with E-state index in [1.54, 1.807) is 25.6 Å². The van der Waals surface area contributed by atoms with Gasteiger partial charge in [0.25, 0.3) is 0 Å².